The van der Waals surface area contributed by atoms with Gasteiger partial charge in [-0.3, -0.25) is 14.9 Å². The van der Waals surface area contributed by atoms with Crippen molar-refractivity contribution in [1.29, 1.82) is 0 Å². The lowest BCUT2D eigenvalue weighted by Gasteiger charge is -2.04. The van der Waals surface area contributed by atoms with Crippen molar-refractivity contribution in [1.82, 2.24) is 0 Å². The first-order chi connectivity index (χ1) is 13.0. The van der Waals surface area contributed by atoms with Gasteiger partial charge < -0.3 is 9.15 Å². The fourth-order valence-electron chi connectivity index (χ4n) is 2.49. The Morgan fingerprint density at radius 3 is 2.74 bits per heavy atom. The summed E-state index contributed by atoms with van der Waals surface area (Å²) in [6.45, 7) is 1.97. The Balaban J connectivity index is 1.63. The number of nitro groups is 1. The molecule has 6 heteroatoms. The molecule has 2 aromatic carbocycles. The fraction of sp³-hybridized carbons (Fsp3) is 0.0952. The molecular weight excluding hydrogens is 346 g/mol. The fourth-order valence-corrected chi connectivity index (χ4v) is 2.49. The van der Waals surface area contributed by atoms with E-state index in [0.29, 0.717) is 17.1 Å². The average molecular weight is 363 g/mol. The van der Waals surface area contributed by atoms with Crippen LogP contribution in [0.15, 0.2) is 71.2 Å². The SMILES string of the molecule is Cc1cccc(C(=O)/C=C/c2ccc(COc3ccccc3[N+](=O)[O-])o2)c1. The minimum absolute atomic E-state index is 0.0462. The Labute approximate surface area is 155 Å². The van der Waals surface area contributed by atoms with Gasteiger partial charge in [0.1, 0.15) is 18.1 Å². The van der Waals surface area contributed by atoms with E-state index in [1.54, 1.807) is 36.4 Å². The van der Waals surface area contributed by atoms with E-state index in [1.807, 2.05) is 25.1 Å². The summed E-state index contributed by atoms with van der Waals surface area (Å²) in [5.41, 5.74) is 1.52. The molecule has 136 valence electrons. The summed E-state index contributed by atoms with van der Waals surface area (Å²) in [5.74, 6) is 1.05. The highest BCUT2D eigenvalue weighted by Crippen LogP contribution is 2.26. The van der Waals surface area contributed by atoms with Crippen LogP contribution in [0.3, 0.4) is 0 Å². The molecule has 1 aromatic heterocycles. The van der Waals surface area contributed by atoms with E-state index in [9.17, 15) is 14.9 Å². The van der Waals surface area contributed by atoms with Crippen LogP contribution in [0.2, 0.25) is 0 Å². The van der Waals surface area contributed by atoms with Gasteiger partial charge in [-0.15, -0.1) is 0 Å². The molecule has 0 aliphatic heterocycles. The van der Waals surface area contributed by atoms with Gasteiger partial charge in [0.15, 0.2) is 11.5 Å². The Hall–Kier alpha value is -3.67. The molecule has 27 heavy (non-hydrogen) atoms. The molecule has 0 spiro atoms. The summed E-state index contributed by atoms with van der Waals surface area (Å²) in [6, 6.07) is 16.9. The zero-order chi connectivity index (χ0) is 19.2. The molecule has 6 nitrogen and oxygen atoms in total. The topological polar surface area (TPSA) is 82.6 Å². The van der Waals surface area contributed by atoms with Gasteiger partial charge in [-0.1, -0.05) is 35.9 Å². The van der Waals surface area contributed by atoms with Crippen LogP contribution in [0.4, 0.5) is 5.69 Å². The van der Waals surface area contributed by atoms with Crippen LogP contribution >= 0.6 is 0 Å². The van der Waals surface area contributed by atoms with Crippen molar-refractivity contribution in [2.75, 3.05) is 0 Å². The number of aryl methyl sites for hydroxylation is 1. The van der Waals surface area contributed by atoms with E-state index in [-0.39, 0.29) is 23.8 Å². The first-order valence-corrected chi connectivity index (χ1v) is 8.27. The first kappa shape index (κ1) is 18.1. The highest BCUT2D eigenvalue weighted by molar-refractivity contribution is 6.06. The maximum atomic E-state index is 12.2. The maximum absolute atomic E-state index is 12.2. The van der Waals surface area contributed by atoms with Crippen molar-refractivity contribution in [2.45, 2.75) is 13.5 Å². The molecule has 3 rings (SSSR count). The number of ketones is 1. The zero-order valence-corrected chi connectivity index (χ0v) is 14.6. The molecule has 0 fully saturated rings. The summed E-state index contributed by atoms with van der Waals surface area (Å²) in [6.07, 6.45) is 3.03. The number of hydrogen-bond acceptors (Lipinski definition) is 5. The standard InChI is InChI=1S/C21H17NO5/c1-15-5-4-6-16(13-15)20(23)12-11-17-9-10-18(27-17)14-26-21-8-3-2-7-19(21)22(24)25/h2-13H,14H2,1H3/b12-11+. The molecular formula is C21H17NO5. The van der Waals surface area contributed by atoms with Crippen molar-refractivity contribution in [3.05, 3.63) is 99.5 Å². The second-order valence-corrected chi connectivity index (χ2v) is 5.88. The zero-order valence-electron chi connectivity index (χ0n) is 14.6. The number of ether oxygens (including phenoxy) is 1. The van der Waals surface area contributed by atoms with Crippen LogP contribution in [-0.4, -0.2) is 10.7 Å². The summed E-state index contributed by atoms with van der Waals surface area (Å²) in [5, 5.41) is 11.0. The number of allylic oxidation sites excluding steroid dienone is 1. The molecule has 3 aromatic rings. The second-order valence-electron chi connectivity index (χ2n) is 5.88. The third kappa shape index (κ3) is 4.70. The monoisotopic (exact) mass is 363 g/mol. The van der Waals surface area contributed by atoms with Gasteiger partial charge in [-0.25, -0.2) is 0 Å². The van der Waals surface area contributed by atoms with Crippen molar-refractivity contribution >= 4 is 17.5 Å². The summed E-state index contributed by atoms with van der Waals surface area (Å²) in [4.78, 5) is 22.7. The van der Waals surface area contributed by atoms with Gasteiger partial charge in [-0.2, -0.15) is 0 Å². The van der Waals surface area contributed by atoms with Gasteiger partial charge in [-0.05, 0) is 43.3 Å². The van der Waals surface area contributed by atoms with Crippen LogP contribution in [0.1, 0.15) is 27.4 Å². The van der Waals surface area contributed by atoms with Gasteiger partial charge in [0.25, 0.3) is 0 Å². The molecule has 0 amide bonds. The molecule has 0 atom stereocenters. The number of para-hydroxylation sites is 2. The van der Waals surface area contributed by atoms with Crippen LogP contribution < -0.4 is 4.74 Å². The smallest absolute Gasteiger partial charge is 0.310 e. The van der Waals surface area contributed by atoms with Gasteiger partial charge in [0, 0.05) is 11.6 Å². The van der Waals surface area contributed by atoms with Crippen molar-refractivity contribution < 1.29 is 18.9 Å². The highest BCUT2D eigenvalue weighted by Gasteiger charge is 2.14. The minimum atomic E-state index is -0.497. The minimum Gasteiger partial charge on any atom is -0.479 e. The molecule has 0 aliphatic rings. The van der Waals surface area contributed by atoms with E-state index in [1.165, 1.54) is 18.2 Å². The summed E-state index contributed by atoms with van der Waals surface area (Å²) >= 11 is 0. The molecule has 0 unspecified atom stereocenters. The number of benzene rings is 2. The summed E-state index contributed by atoms with van der Waals surface area (Å²) in [7, 11) is 0. The lowest BCUT2D eigenvalue weighted by molar-refractivity contribution is -0.386. The van der Waals surface area contributed by atoms with Gasteiger partial charge >= 0.3 is 5.69 Å². The largest absolute Gasteiger partial charge is 0.479 e. The number of carbonyl (C=O) groups excluding carboxylic acids is 1. The summed E-state index contributed by atoms with van der Waals surface area (Å²) < 4.78 is 11.1. The number of nitrogens with zero attached hydrogens (tertiary/aromatic N) is 1. The Kier molecular flexibility index (Phi) is 5.47. The number of rotatable bonds is 7. The van der Waals surface area contributed by atoms with Crippen LogP contribution in [-0.2, 0) is 6.61 Å². The molecule has 0 bridgehead atoms. The molecule has 0 N–H and O–H groups in total. The van der Waals surface area contributed by atoms with Gasteiger partial charge in [0.05, 0.1) is 4.92 Å². The van der Waals surface area contributed by atoms with E-state index in [4.69, 9.17) is 9.15 Å². The highest BCUT2D eigenvalue weighted by atomic mass is 16.6. The molecule has 0 radical (unpaired) electrons. The van der Waals surface area contributed by atoms with Crippen molar-refractivity contribution in [3.63, 3.8) is 0 Å². The normalized spacial score (nSPS) is 10.9. The molecule has 0 saturated heterocycles. The van der Waals surface area contributed by atoms with Crippen molar-refractivity contribution in [2.24, 2.45) is 0 Å². The Morgan fingerprint density at radius 1 is 1.15 bits per heavy atom. The second kappa shape index (κ2) is 8.14. The molecule has 0 saturated carbocycles. The van der Waals surface area contributed by atoms with E-state index < -0.39 is 4.92 Å². The number of hydrogen-bond donors (Lipinski definition) is 0. The number of carbonyl (C=O) groups is 1. The Bertz CT molecular complexity index is 1000. The number of furan rings is 1. The van der Waals surface area contributed by atoms with Crippen LogP contribution in [0, 0.1) is 17.0 Å². The average Bonchev–Trinajstić information content (AvgIpc) is 3.12. The first-order valence-electron chi connectivity index (χ1n) is 8.27. The number of nitro benzene ring substituents is 1. The van der Waals surface area contributed by atoms with Crippen LogP contribution in [0.25, 0.3) is 6.08 Å². The lowest BCUT2D eigenvalue weighted by Crippen LogP contribution is -1.97. The Morgan fingerprint density at radius 2 is 1.96 bits per heavy atom. The lowest BCUT2D eigenvalue weighted by atomic mass is 10.1. The van der Waals surface area contributed by atoms with Crippen LogP contribution in [0.5, 0.6) is 5.75 Å². The maximum Gasteiger partial charge on any atom is 0.310 e. The van der Waals surface area contributed by atoms with Gasteiger partial charge in [0.2, 0.25) is 0 Å². The van der Waals surface area contributed by atoms with Crippen molar-refractivity contribution in [3.8, 4) is 5.75 Å². The quantitative estimate of drug-likeness (QED) is 0.256. The van der Waals surface area contributed by atoms with E-state index >= 15 is 0 Å². The molecule has 1 heterocycles. The predicted molar refractivity (Wildman–Crippen MR) is 101 cm³/mol. The third-order valence-electron chi connectivity index (χ3n) is 3.82. The van der Waals surface area contributed by atoms with E-state index in [0.717, 1.165) is 5.56 Å². The van der Waals surface area contributed by atoms with E-state index in [2.05, 4.69) is 0 Å². The molecule has 0 aliphatic carbocycles. The predicted octanol–water partition coefficient (Wildman–Crippen LogP) is 4.97. The third-order valence-corrected chi connectivity index (χ3v) is 3.82.